The first-order chi connectivity index (χ1) is 9.50. The highest BCUT2D eigenvalue weighted by molar-refractivity contribution is 9.10. The smallest absolute Gasteiger partial charge is 0.425 e. The topological polar surface area (TPSA) is 39.4 Å². The standard InChI is InChI=1S/C10H6BrF6N3O/c1-4(9(12,13)14)21-6-3-2-5(10(15,16)17)7-18-8(11)19-20(6)7/h2-4H,1H3. The second kappa shape index (κ2) is 5.04. The predicted molar refractivity (Wildman–Crippen MR) is 61.8 cm³/mol. The number of alkyl halides is 6. The summed E-state index contributed by atoms with van der Waals surface area (Å²) >= 11 is 2.78. The van der Waals surface area contributed by atoms with Gasteiger partial charge in [0.15, 0.2) is 11.8 Å². The molecule has 0 fully saturated rings. The van der Waals surface area contributed by atoms with Gasteiger partial charge in [-0.1, -0.05) is 0 Å². The van der Waals surface area contributed by atoms with Gasteiger partial charge in [0.05, 0.1) is 0 Å². The Morgan fingerprint density at radius 1 is 1.19 bits per heavy atom. The van der Waals surface area contributed by atoms with Crippen LogP contribution >= 0.6 is 15.9 Å². The molecule has 0 spiro atoms. The van der Waals surface area contributed by atoms with Crippen molar-refractivity contribution in [3.05, 3.63) is 22.4 Å². The summed E-state index contributed by atoms with van der Waals surface area (Å²) in [6.45, 7) is 0.732. The molecule has 21 heavy (non-hydrogen) atoms. The Labute approximate surface area is 121 Å². The second-order valence-electron chi connectivity index (χ2n) is 4.00. The Hall–Kier alpha value is -1.52. The first-order valence-electron chi connectivity index (χ1n) is 5.36. The maximum atomic E-state index is 12.8. The second-order valence-corrected chi connectivity index (χ2v) is 4.71. The molecule has 11 heteroatoms. The zero-order chi connectivity index (χ0) is 16.0. The zero-order valence-corrected chi connectivity index (χ0v) is 11.7. The van der Waals surface area contributed by atoms with Crippen molar-refractivity contribution in [2.24, 2.45) is 0 Å². The van der Waals surface area contributed by atoms with Gasteiger partial charge in [0, 0.05) is 6.07 Å². The lowest BCUT2D eigenvalue weighted by Gasteiger charge is -2.18. The van der Waals surface area contributed by atoms with Crippen LogP contribution in [0.3, 0.4) is 0 Å². The molecule has 1 atom stereocenters. The van der Waals surface area contributed by atoms with Crippen LogP contribution in [-0.2, 0) is 6.18 Å². The summed E-state index contributed by atoms with van der Waals surface area (Å²) in [7, 11) is 0. The van der Waals surface area contributed by atoms with Crippen molar-refractivity contribution in [1.82, 2.24) is 14.6 Å². The molecule has 0 bridgehead atoms. The molecule has 0 radical (unpaired) electrons. The van der Waals surface area contributed by atoms with Crippen molar-refractivity contribution in [2.75, 3.05) is 0 Å². The maximum absolute atomic E-state index is 12.8. The van der Waals surface area contributed by atoms with Gasteiger partial charge in [-0.05, 0) is 28.9 Å². The molecule has 0 aliphatic carbocycles. The van der Waals surface area contributed by atoms with Crippen LogP contribution in [0, 0.1) is 0 Å². The van der Waals surface area contributed by atoms with E-state index in [0.29, 0.717) is 10.6 Å². The first-order valence-corrected chi connectivity index (χ1v) is 6.15. The van der Waals surface area contributed by atoms with Crippen LogP contribution in [0.15, 0.2) is 16.9 Å². The van der Waals surface area contributed by atoms with Crippen LogP contribution < -0.4 is 4.74 Å². The van der Waals surface area contributed by atoms with Gasteiger partial charge in [0.25, 0.3) is 0 Å². The summed E-state index contributed by atoms with van der Waals surface area (Å²) in [5.74, 6) is -0.499. The van der Waals surface area contributed by atoms with Gasteiger partial charge in [-0.3, -0.25) is 0 Å². The van der Waals surface area contributed by atoms with Gasteiger partial charge >= 0.3 is 12.4 Å². The minimum atomic E-state index is -4.72. The summed E-state index contributed by atoms with van der Waals surface area (Å²) in [6.07, 6.45) is -11.6. The summed E-state index contributed by atoms with van der Waals surface area (Å²) in [4.78, 5) is 3.50. The van der Waals surface area contributed by atoms with Gasteiger partial charge in [-0.15, -0.1) is 5.10 Å². The molecule has 4 nitrogen and oxygen atoms in total. The number of ether oxygens (including phenoxy) is 1. The van der Waals surface area contributed by atoms with Gasteiger partial charge in [0.1, 0.15) is 5.56 Å². The molecule has 0 amide bonds. The van der Waals surface area contributed by atoms with Crippen molar-refractivity contribution in [3.8, 4) is 5.88 Å². The van der Waals surface area contributed by atoms with E-state index in [1.165, 1.54) is 0 Å². The molecule has 2 rings (SSSR count). The van der Waals surface area contributed by atoms with Crippen molar-refractivity contribution in [2.45, 2.75) is 25.4 Å². The predicted octanol–water partition coefficient (Wildman–Crippen LogP) is 3.84. The third-order valence-corrected chi connectivity index (χ3v) is 2.82. The number of aromatic nitrogens is 3. The molecule has 0 aromatic carbocycles. The number of hydrogen-bond acceptors (Lipinski definition) is 3. The Kier molecular flexibility index (Phi) is 3.80. The van der Waals surface area contributed by atoms with E-state index in [1.807, 2.05) is 0 Å². The molecule has 116 valence electrons. The fourth-order valence-corrected chi connectivity index (χ4v) is 1.80. The summed E-state index contributed by atoms with van der Waals surface area (Å²) in [6, 6.07) is 1.36. The van der Waals surface area contributed by atoms with E-state index >= 15 is 0 Å². The lowest BCUT2D eigenvalue weighted by molar-refractivity contribution is -0.190. The van der Waals surface area contributed by atoms with Gasteiger partial charge in [-0.25, -0.2) is 4.98 Å². The minimum absolute atomic E-state index is 0.205. The number of pyridine rings is 1. The van der Waals surface area contributed by atoms with Crippen LogP contribution in [0.5, 0.6) is 5.88 Å². The van der Waals surface area contributed by atoms with Crippen molar-refractivity contribution < 1.29 is 31.1 Å². The quantitative estimate of drug-likeness (QED) is 0.746. The van der Waals surface area contributed by atoms with E-state index in [9.17, 15) is 26.3 Å². The highest BCUT2D eigenvalue weighted by Gasteiger charge is 2.39. The Morgan fingerprint density at radius 2 is 1.81 bits per heavy atom. The SMILES string of the molecule is CC(Oc1ccc(C(F)(F)F)c2nc(Br)nn12)C(F)(F)F. The van der Waals surface area contributed by atoms with Crippen LogP contribution in [0.25, 0.3) is 5.65 Å². The monoisotopic (exact) mass is 377 g/mol. The molecular weight excluding hydrogens is 372 g/mol. The fraction of sp³-hybridized carbons (Fsp3) is 0.400. The average Bonchev–Trinajstić information content (AvgIpc) is 2.67. The molecule has 1 unspecified atom stereocenters. The van der Waals surface area contributed by atoms with E-state index < -0.39 is 35.5 Å². The van der Waals surface area contributed by atoms with Gasteiger partial charge in [0.2, 0.25) is 10.6 Å². The summed E-state index contributed by atoms with van der Waals surface area (Å²) < 4.78 is 80.7. The fourth-order valence-electron chi connectivity index (χ4n) is 1.47. The van der Waals surface area contributed by atoms with Crippen LogP contribution in [-0.4, -0.2) is 26.9 Å². The third-order valence-electron chi connectivity index (χ3n) is 2.49. The highest BCUT2D eigenvalue weighted by atomic mass is 79.9. The molecule has 2 heterocycles. The molecule has 0 saturated carbocycles. The molecule has 0 aliphatic heterocycles. The van der Waals surface area contributed by atoms with E-state index in [2.05, 4.69) is 30.7 Å². The van der Waals surface area contributed by atoms with E-state index in [0.717, 1.165) is 13.0 Å². The average molecular weight is 378 g/mol. The number of hydrogen-bond donors (Lipinski definition) is 0. The number of nitrogens with zero attached hydrogens (tertiary/aromatic N) is 3. The summed E-state index contributed by atoms with van der Waals surface area (Å²) in [5, 5.41) is 3.55. The lowest BCUT2D eigenvalue weighted by Crippen LogP contribution is -2.31. The molecule has 0 N–H and O–H groups in total. The van der Waals surface area contributed by atoms with E-state index in [-0.39, 0.29) is 4.73 Å². The maximum Gasteiger partial charge on any atom is 0.425 e. The Morgan fingerprint density at radius 3 is 2.33 bits per heavy atom. The first kappa shape index (κ1) is 15.9. The van der Waals surface area contributed by atoms with Crippen molar-refractivity contribution in [3.63, 3.8) is 0 Å². The Bertz CT molecular complexity index is 665. The number of halogens is 7. The molecule has 2 aromatic rings. The normalized spacial score (nSPS) is 14.5. The minimum Gasteiger partial charge on any atom is -0.465 e. The largest absolute Gasteiger partial charge is 0.465 e. The molecule has 0 aliphatic rings. The van der Waals surface area contributed by atoms with E-state index in [4.69, 9.17) is 0 Å². The van der Waals surface area contributed by atoms with Crippen molar-refractivity contribution >= 4 is 21.6 Å². The van der Waals surface area contributed by atoms with Crippen LogP contribution in [0.2, 0.25) is 0 Å². The number of rotatable bonds is 2. The summed E-state index contributed by atoms with van der Waals surface area (Å²) in [5.41, 5.74) is -1.78. The van der Waals surface area contributed by atoms with Crippen LogP contribution in [0.1, 0.15) is 12.5 Å². The highest BCUT2D eigenvalue weighted by Crippen LogP contribution is 2.34. The van der Waals surface area contributed by atoms with Crippen molar-refractivity contribution in [1.29, 1.82) is 0 Å². The molecule has 2 aromatic heterocycles. The van der Waals surface area contributed by atoms with Gasteiger partial charge in [-0.2, -0.15) is 30.9 Å². The molecular formula is C10H6BrF6N3O. The Balaban J connectivity index is 2.53. The van der Waals surface area contributed by atoms with Gasteiger partial charge < -0.3 is 4.74 Å². The lowest BCUT2D eigenvalue weighted by atomic mass is 10.2. The zero-order valence-electron chi connectivity index (χ0n) is 10.1. The number of fused-ring (bicyclic) bond motifs is 1. The van der Waals surface area contributed by atoms with Crippen LogP contribution in [0.4, 0.5) is 26.3 Å². The third kappa shape index (κ3) is 3.22. The van der Waals surface area contributed by atoms with E-state index in [1.54, 1.807) is 0 Å². The molecule has 0 saturated heterocycles.